The third-order valence-electron chi connectivity index (χ3n) is 3.17. The van der Waals surface area contributed by atoms with E-state index in [2.05, 4.69) is 0 Å². The molecule has 0 aliphatic rings. The van der Waals surface area contributed by atoms with Crippen LogP contribution in [0, 0.1) is 12.7 Å². The van der Waals surface area contributed by atoms with Crippen LogP contribution in [-0.4, -0.2) is 14.4 Å². The van der Waals surface area contributed by atoms with Crippen LogP contribution in [0.25, 0.3) is 0 Å². The summed E-state index contributed by atoms with van der Waals surface area (Å²) in [6, 6.07) is 7.95. The van der Waals surface area contributed by atoms with E-state index in [4.69, 9.17) is 21.5 Å². The fourth-order valence-electron chi connectivity index (χ4n) is 1.88. The van der Waals surface area contributed by atoms with E-state index in [-0.39, 0.29) is 27.7 Å². The molecule has 2 aromatic carbocycles. The molecule has 0 radical (unpaired) electrons. The molecule has 0 aliphatic heterocycles. The van der Waals surface area contributed by atoms with E-state index in [9.17, 15) is 17.6 Å². The molecule has 0 heterocycles. The van der Waals surface area contributed by atoms with Crippen molar-refractivity contribution in [1.82, 2.24) is 0 Å². The summed E-state index contributed by atoms with van der Waals surface area (Å²) in [6.07, 6.45) is 0. The van der Waals surface area contributed by atoms with E-state index >= 15 is 0 Å². The second kappa shape index (κ2) is 6.66. The largest absolute Gasteiger partial charge is 0.457 e. The van der Waals surface area contributed by atoms with Gasteiger partial charge in [0.1, 0.15) is 12.4 Å². The number of benzene rings is 2. The summed E-state index contributed by atoms with van der Waals surface area (Å²) >= 11 is 5.85. The van der Waals surface area contributed by atoms with Gasteiger partial charge in [-0.3, -0.25) is 0 Å². The van der Waals surface area contributed by atoms with Crippen LogP contribution >= 0.6 is 11.6 Å². The Bertz CT molecular complexity index is 848. The molecule has 2 aromatic rings. The van der Waals surface area contributed by atoms with E-state index in [0.29, 0.717) is 5.56 Å². The van der Waals surface area contributed by atoms with Gasteiger partial charge in [-0.25, -0.2) is 22.7 Å². The first-order valence-electron chi connectivity index (χ1n) is 6.43. The fraction of sp³-hybridized carbons (Fsp3) is 0.133. The van der Waals surface area contributed by atoms with Crippen LogP contribution in [0.3, 0.4) is 0 Å². The zero-order valence-corrected chi connectivity index (χ0v) is 13.6. The van der Waals surface area contributed by atoms with Crippen LogP contribution < -0.4 is 5.14 Å². The second-order valence-corrected chi connectivity index (χ2v) is 6.77. The van der Waals surface area contributed by atoms with E-state index in [0.717, 1.165) is 6.07 Å². The molecule has 23 heavy (non-hydrogen) atoms. The average Bonchev–Trinajstić information content (AvgIpc) is 2.45. The number of esters is 1. The maximum absolute atomic E-state index is 13.6. The van der Waals surface area contributed by atoms with Gasteiger partial charge >= 0.3 is 5.97 Å². The number of halogens is 2. The number of aryl methyl sites for hydroxylation is 1. The monoisotopic (exact) mass is 357 g/mol. The van der Waals surface area contributed by atoms with Gasteiger partial charge in [-0.2, -0.15) is 0 Å². The minimum atomic E-state index is -3.95. The Morgan fingerprint density at radius 3 is 2.61 bits per heavy atom. The van der Waals surface area contributed by atoms with Crippen molar-refractivity contribution in [2.24, 2.45) is 5.14 Å². The molecule has 0 atom stereocenters. The van der Waals surface area contributed by atoms with Crippen LogP contribution in [0.1, 0.15) is 21.5 Å². The summed E-state index contributed by atoms with van der Waals surface area (Å²) in [7, 11) is -3.95. The highest BCUT2D eigenvalue weighted by Crippen LogP contribution is 2.21. The van der Waals surface area contributed by atoms with Gasteiger partial charge in [0.15, 0.2) is 0 Å². The van der Waals surface area contributed by atoms with Gasteiger partial charge in [-0.15, -0.1) is 0 Å². The lowest BCUT2D eigenvalue weighted by Gasteiger charge is -2.10. The smallest absolute Gasteiger partial charge is 0.338 e. The van der Waals surface area contributed by atoms with E-state index < -0.39 is 21.8 Å². The molecule has 0 unspecified atom stereocenters. The summed E-state index contributed by atoms with van der Waals surface area (Å²) in [5.74, 6) is -1.40. The van der Waals surface area contributed by atoms with Gasteiger partial charge in [0, 0.05) is 5.56 Å². The second-order valence-electron chi connectivity index (χ2n) is 4.80. The summed E-state index contributed by atoms with van der Waals surface area (Å²) < 4.78 is 41.3. The highest BCUT2D eigenvalue weighted by Gasteiger charge is 2.17. The third-order valence-corrected chi connectivity index (χ3v) is 4.43. The predicted octanol–water partition coefficient (Wildman–Crippen LogP) is 2.79. The average molecular weight is 358 g/mol. The Hall–Kier alpha value is -1.96. The van der Waals surface area contributed by atoms with E-state index in [1.165, 1.54) is 30.3 Å². The molecule has 0 amide bonds. The van der Waals surface area contributed by atoms with Crippen LogP contribution in [0.15, 0.2) is 41.3 Å². The molecule has 0 fully saturated rings. The van der Waals surface area contributed by atoms with Crippen molar-refractivity contribution >= 4 is 27.6 Å². The maximum Gasteiger partial charge on any atom is 0.338 e. The molecule has 122 valence electrons. The number of sulfonamides is 1. The molecular weight excluding hydrogens is 345 g/mol. The van der Waals surface area contributed by atoms with Crippen molar-refractivity contribution < 1.29 is 22.3 Å². The lowest BCUT2D eigenvalue weighted by molar-refractivity contribution is 0.0468. The van der Waals surface area contributed by atoms with Crippen molar-refractivity contribution in [3.05, 3.63) is 63.9 Å². The molecule has 0 saturated carbocycles. The Kier molecular flexibility index (Phi) is 5.03. The molecule has 0 bridgehead atoms. The summed E-state index contributed by atoms with van der Waals surface area (Å²) in [6.45, 7) is 1.24. The van der Waals surface area contributed by atoms with Crippen molar-refractivity contribution in [3.63, 3.8) is 0 Å². The molecule has 5 nitrogen and oxygen atoms in total. The first-order chi connectivity index (χ1) is 10.7. The lowest BCUT2D eigenvalue weighted by Crippen LogP contribution is -2.14. The SMILES string of the molecule is Cc1ccc(S(N)(=O)=O)cc1C(=O)OCc1c(F)cccc1Cl. The van der Waals surface area contributed by atoms with Gasteiger partial charge in [0.25, 0.3) is 0 Å². The number of rotatable bonds is 4. The van der Waals surface area contributed by atoms with Gasteiger partial charge < -0.3 is 4.74 Å². The maximum atomic E-state index is 13.6. The third kappa shape index (κ3) is 4.07. The minimum absolute atomic E-state index is 0.0315. The Morgan fingerprint density at radius 2 is 2.00 bits per heavy atom. The lowest BCUT2D eigenvalue weighted by atomic mass is 10.1. The first kappa shape index (κ1) is 17.4. The van der Waals surface area contributed by atoms with Gasteiger partial charge in [-0.05, 0) is 36.8 Å². The van der Waals surface area contributed by atoms with Crippen molar-refractivity contribution in [2.45, 2.75) is 18.4 Å². The number of nitrogens with two attached hydrogens (primary N) is 1. The number of carbonyl (C=O) groups excluding carboxylic acids is 1. The molecule has 0 spiro atoms. The van der Waals surface area contributed by atoms with Crippen LogP contribution in [-0.2, 0) is 21.4 Å². The predicted molar refractivity (Wildman–Crippen MR) is 83.1 cm³/mol. The number of ether oxygens (including phenoxy) is 1. The highest BCUT2D eigenvalue weighted by molar-refractivity contribution is 7.89. The molecule has 2 rings (SSSR count). The minimum Gasteiger partial charge on any atom is -0.457 e. The Morgan fingerprint density at radius 1 is 1.30 bits per heavy atom. The number of hydrogen-bond donors (Lipinski definition) is 1. The van der Waals surface area contributed by atoms with Crippen molar-refractivity contribution in [3.8, 4) is 0 Å². The molecular formula is C15H13ClFNO4S. The van der Waals surface area contributed by atoms with Gasteiger partial charge in [0.2, 0.25) is 10.0 Å². The van der Waals surface area contributed by atoms with Crippen molar-refractivity contribution in [2.75, 3.05) is 0 Å². The molecule has 0 aromatic heterocycles. The van der Waals surface area contributed by atoms with Crippen LogP contribution in [0.4, 0.5) is 4.39 Å². The zero-order valence-electron chi connectivity index (χ0n) is 12.0. The number of carbonyl (C=O) groups is 1. The zero-order chi connectivity index (χ0) is 17.2. The van der Waals surface area contributed by atoms with Crippen LogP contribution in [0.5, 0.6) is 0 Å². The van der Waals surface area contributed by atoms with E-state index in [1.54, 1.807) is 6.92 Å². The van der Waals surface area contributed by atoms with Gasteiger partial charge in [-0.1, -0.05) is 23.7 Å². The topological polar surface area (TPSA) is 86.5 Å². The summed E-state index contributed by atoms with van der Waals surface area (Å²) in [5, 5.41) is 5.17. The normalized spacial score (nSPS) is 11.3. The Balaban J connectivity index is 2.25. The Labute approximate surface area is 137 Å². The highest BCUT2D eigenvalue weighted by atomic mass is 35.5. The number of hydrogen-bond acceptors (Lipinski definition) is 4. The molecule has 8 heteroatoms. The fourth-order valence-corrected chi connectivity index (χ4v) is 2.64. The molecule has 2 N–H and O–H groups in total. The molecule has 0 saturated heterocycles. The quantitative estimate of drug-likeness (QED) is 0.852. The van der Waals surface area contributed by atoms with Crippen LogP contribution in [0.2, 0.25) is 5.02 Å². The van der Waals surface area contributed by atoms with Gasteiger partial charge in [0.05, 0.1) is 15.5 Å². The molecule has 0 aliphatic carbocycles. The standard InChI is InChI=1S/C15H13ClFNO4S/c1-9-5-6-10(23(18,20)21)7-11(9)15(19)22-8-12-13(16)3-2-4-14(12)17/h2-7H,8H2,1H3,(H2,18,20,21). The number of primary sulfonamides is 1. The summed E-state index contributed by atoms with van der Waals surface area (Å²) in [4.78, 5) is 11.9. The van der Waals surface area contributed by atoms with E-state index in [1.807, 2.05) is 0 Å². The first-order valence-corrected chi connectivity index (χ1v) is 8.36. The van der Waals surface area contributed by atoms with Crippen molar-refractivity contribution in [1.29, 1.82) is 0 Å². The summed E-state index contributed by atoms with van der Waals surface area (Å²) in [5.41, 5.74) is 0.578.